The molecule has 0 fully saturated rings. The summed E-state index contributed by atoms with van der Waals surface area (Å²) in [6, 6.07) is 19.8. The highest BCUT2D eigenvalue weighted by molar-refractivity contribution is 6.30. The van der Waals surface area contributed by atoms with Crippen molar-refractivity contribution < 1.29 is 0 Å². The van der Waals surface area contributed by atoms with Gasteiger partial charge in [-0.15, -0.1) is 0 Å². The fraction of sp³-hybridized carbons (Fsp3) is 0. The van der Waals surface area contributed by atoms with Gasteiger partial charge in [-0.25, -0.2) is 0 Å². The van der Waals surface area contributed by atoms with Crippen LogP contribution >= 0.6 is 11.6 Å². The van der Waals surface area contributed by atoms with Crippen molar-refractivity contribution in [1.29, 1.82) is 0 Å². The van der Waals surface area contributed by atoms with Gasteiger partial charge in [0.05, 0.1) is 11.4 Å². The van der Waals surface area contributed by atoms with E-state index < -0.39 is 0 Å². The third kappa shape index (κ3) is 2.15. The zero-order valence-electron chi connectivity index (χ0n) is 9.60. The zero-order valence-corrected chi connectivity index (χ0v) is 10.4. The molecule has 2 nitrogen and oxygen atoms in total. The Bertz CT molecular complexity index is 642. The maximum atomic E-state index is 5.87. The maximum absolute atomic E-state index is 5.87. The smallest absolute Gasteiger partial charge is 0.0927 e. The summed E-state index contributed by atoms with van der Waals surface area (Å²) in [5.41, 5.74) is 4.12. The summed E-state index contributed by atoms with van der Waals surface area (Å²) in [5, 5.41) is 8.11. The molecule has 0 bridgehead atoms. The third-order valence-corrected chi connectivity index (χ3v) is 3.05. The van der Waals surface area contributed by atoms with E-state index in [-0.39, 0.29) is 0 Å². The molecule has 1 aromatic heterocycles. The summed E-state index contributed by atoms with van der Waals surface area (Å²) in [6.45, 7) is 0. The molecule has 0 spiro atoms. The molecule has 3 heteroatoms. The van der Waals surface area contributed by atoms with Gasteiger partial charge in [0.1, 0.15) is 0 Å². The first-order valence-corrected chi connectivity index (χ1v) is 6.07. The minimum atomic E-state index is 0.738. The minimum absolute atomic E-state index is 0.738. The van der Waals surface area contributed by atoms with E-state index in [0.29, 0.717) is 0 Å². The monoisotopic (exact) mass is 254 g/mol. The first kappa shape index (κ1) is 11.1. The van der Waals surface area contributed by atoms with Gasteiger partial charge < -0.3 is 0 Å². The normalized spacial score (nSPS) is 10.5. The Balaban J connectivity index is 1.97. The second-order valence-electron chi connectivity index (χ2n) is 4.04. The van der Waals surface area contributed by atoms with Crippen molar-refractivity contribution >= 4 is 11.6 Å². The van der Waals surface area contributed by atoms with Gasteiger partial charge in [0.15, 0.2) is 0 Å². The number of nitrogens with zero attached hydrogens (tertiary/aromatic N) is 1. The second kappa shape index (κ2) is 4.67. The van der Waals surface area contributed by atoms with Crippen molar-refractivity contribution in [3.05, 3.63) is 65.7 Å². The van der Waals surface area contributed by atoms with Crippen molar-refractivity contribution in [2.45, 2.75) is 0 Å². The summed E-state index contributed by atoms with van der Waals surface area (Å²) in [4.78, 5) is 0. The van der Waals surface area contributed by atoms with Crippen molar-refractivity contribution in [3.63, 3.8) is 0 Å². The van der Waals surface area contributed by atoms with E-state index in [9.17, 15) is 0 Å². The lowest BCUT2D eigenvalue weighted by atomic mass is 10.1. The number of aromatic nitrogens is 2. The Morgan fingerprint density at radius 1 is 0.833 bits per heavy atom. The number of H-pyrrole nitrogens is 1. The van der Waals surface area contributed by atoms with E-state index in [4.69, 9.17) is 11.6 Å². The molecule has 0 aliphatic rings. The van der Waals surface area contributed by atoms with Crippen LogP contribution < -0.4 is 0 Å². The standard InChI is InChI=1S/C15H11ClN2/c16-13-8-6-12(7-9-13)15-10-14(17-18-15)11-4-2-1-3-5-11/h1-10H,(H,17,18). The molecule has 18 heavy (non-hydrogen) atoms. The van der Waals surface area contributed by atoms with E-state index >= 15 is 0 Å². The molecule has 0 aliphatic heterocycles. The molecule has 3 aromatic rings. The predicted molar refractivity (Wildman–Crippen MR) is 74.5 cm³/mol. The fourth-order valence-electron chi connectivity index (χ4n) is 1.86. The van der Waals surface area contributed by atoms with Crippen molar-refractivity contribution in [2.75, 3.05) is 0 Å². The average molecular weight is 255 g/mol. The van der Waals surface area contributed by atoms with Crippen LogP contribution in [0.1, 0.15) is 0 Å². The Labute approximate surface area is 110 Å². The maximum Gasteiger partial charge on any atom is 0.0927 e. The Hall–Kier alpha value is -2.06. The number of halogens is 1. The van der Waals surface area contributed by atoms with Gasteiger partial charge in [0.25, 0.3) is 0 Å². The summed E-state index contributed by atoms with van der Waals surface area (Å²) in [6.07, 6.45) is 0. The molecule has 0 aliphatic carbocycles. The van der Waals surface area contributed by atoms with Crippen molar-refractivity contribution in [1.82, 2.24) is 10.2 Å². The van der Waals surface area contributed by atoms with Crippen LogP contribution in [0.2, 0.25) is 5.02 Å². The molecular formula is C15H11ClN2. The number of benzene rings is 2. The Morgan fingerprint density at radius 3 is 2.28 bits per heavy atom. The molecule has 0 atom stereocenters. The van der Waals surface area contributed by atoms with E-state index in [0.717, 1.165) is 27.5 Å². The number of rotatable bonds is 2. The van der Waals surface area contributed by atoms with Crippen molar-refractivity contribution in [3.8, 4) is 22.5 Å². The van der Waals surface area contributed by atoms with Gasteiger partial charge in [-0.05, 0) is 23.8 Å². The molecule has 1 heterocycles. The minimum Gasteiger partial charge on any atom is -0.277 e. The number of aromatic amines is 1. The van der Waals surface area contributed by atoms with Crippen molar-refractivity contribution in [2.24, 2.45) is 0 Å². The molecular weight excluding hydrogens is 244 g/mol. The van der Waals surface area contributed by atoms with E-state index in [1.165, 1.54) is 0 Å². The van der Waals surface area contributed by atoms with Gasteiger partial charge in [0, 0.05) is 10.6 Å². The molecule has 3 rings (SSSR count). The summed E-state index contributed by atoms with van der Waals surface area (Å²) in [5.74, 6) is 0. The SMILES string of the molecule is Clc1ccc(-c2cc(-c3ccccc3)n[nH]2)cc1. The lowest BCUT2D eigenvalue weighted by Crippen LogP contribution is -1.76. The highest BCUT2D eigenvalue weighted by atomic mass is 35.5. The van der Waals surface area contributed by atoms with Gasteiger partial charge in [0.2, 0.25) is 0 Å². The van der Waals surface area contributed by atoms with Crippen LogP contribution in [0, 0.1) is 0 Å². The Morgan fingerprint density at radius 2 is 1.56 bits per heavy atom. The molecule has 88 valence electrons. The first-order valence-electron chi connectivity index (χ1n) is 5.70. The molecule has 0 saturated carbocycles. The quantitative estimate of drug-likeness (QED) is 0.722. The van der Waals surface area contributed by atoms with Gasteiger partial charge in [-0.1, -0.05) is 54.1 Å². The van der Waals surface area contributed by atoms with Crippen LogP contribution in [0.25, 0.3) is 22.5 Å². The lowest BCUT2D eigenvalue weighted by molar-refractivity contribution is 1.10. The highest BCUT2D eigenvalue weighted by Gasteiger charge is 2.05. The van der Waals surface area contributed by atoms with E-state index in [2.05, 4.69) is 10.2 Å². The van der Waals surface area contributed by atoms with Gasteiger partial charge in [-0.3, -0.25) is 5.10 Å². The topological polar surface area (TPSA) is 28.7 Å². The van der Waals surface area contributed by atoms with E-state index in [1.807, 2.05) is 60.7 Å². The van der Waals surface area contributed by atoms with E-state index in [1.54, 1.807) is 0 Å². The predicted octanol–water partition coefficient (Wildman–Crippen LogP) is 4.40. The molecule has 2 aromatic carbocycles. The number of nitrogens with one attached hydrogen (secondary N) is 1. The van der Waals surface area contributed by atoms with Crippen LogP contribution in [-0.4, -0.2) is 10.2 Å². The van der Waals surface area contributed by atoms with Crippen LogP contribution in [0.4, 0.5) is 0 Å². The summed E-state index contributed by atoms with van der Waals surface area (Å²) >= 11 is 5.87. The molecule has 0 amide bonds. The first-order chi connectivity index (χ1) is 8.83. The Kier molecular flexibility index (Phi) is 2.87. The molecule has 0 unspecified atom stereocenters. The number of hydrogen-bond acceptors (Lipinski definition) is 1. The summed E-state index contributed by atoms with van der Waals surface area (Å²) < 4.78 is 0. The largest absolute Gasteiger partial charge is 0.277 e. The van der Waals surface area contributed by atoms with Gasteiger partial charge in [-0.2, -0.15) is 5.10 Å². The average Bonchev–Trinajstić information content (AvgIpc) is 2.90. The summed E-state index contributed by atoms with van der Waals surface area (Å²) in [7, 11) is 0. The molecule has 0 radical (unpaired) electrons. The zero-order chi connectivity index (χ0) is 12.4. The van der Waals surface area contributed by atoms with Gasteiger partial charge >= 0.3 is 0 Å². The fourth-order valence-corrected chi connectivity index (χ4v) is 1.98. The van der Waals surface area contributed by atoms with Crippen LogP contribution in [0.5, 0.6) is 0 Å². The number of hydrogen-bond donors (Lipinski definition) is 1. The molecule has 0 saturated heterocycles. The van der Waals surface area contributed by atoms with Crippen LogP contribution in [0.15, 0.2) is 60.7 Å². The van der Waals surface area contributed by atoms with Crippen LogP contribution in [-0.2, 0) is 0 Å². The highest BCUT2D eigenvalue weighted by Crippen LogP contribution is 2.24. The third-order valence-electron chi connectivity index (χ3n) is 2.80. The lowest BCUT2D eigenvalue weighted by Gasteiger charge is -1.96. The second-order valence-corrected chi connectivity index (χ2v) is 4.48. The van der Waals surface area contributed by atoms with Crippen LogP contribution in [0.3, 0.4) is 0 Å². The molecule has 1 N–H and O–H groups in total.